The summed E-state index contributed by atoms with van der Waals surface area (Å²) in [6.07, 6.45) is 0.646. The van der Waals surface area contributed by atoms with Gasteiger partial charge in [-0.05, 0) is 17.5 Å². The Balaban J connectivity index is 1.56. The van der Waals surface area contributed by atoms with E-state index in [1.165, 1.54) is 5.56 Å². The van der Waals surface area contributed by atoms with Gasteiger partial charge in [-0.1, -0.05) is 60.7 Å². The highest BCUT2D eigenvalue weighted by Crippen LogP contribution is 2.28. The molecule has 1 aliphatic heterocycles. The molecule has 2 aromatic rings. The number of nitrogens with zero attached hydrogens (tertiary/aromatic N) is 1. The lowest BCUT2D eigenvalue weighted by Gasteiger charge is -2.19. The summed E-state index contributed by atoms with van der Waals surface area (Å²) in [5.74, 6) is 0.469. The number of carbonyl (C=O) groups excluding carboxylic acids is 1. The molecule has 1 aliphatic rings. The van der Waals surface area contributed by atoms with Crippen LogP contribution in [0.4, 0.5) is 0 Å². The molecule has 0 aliphatic carbocycles. The van der Waals surface area contributed by atoms with Gasteiger partial charge in [0.15, 0.2) is 0 Å². The molecule has 3 rings (SSSR count). The predicted molar refractivity (Wildman–Crippen MR) is 86.4 cm³/mol. The van der Waals surface area contributed by atoms with Crippen molar-refractivity contribution in [1.82, 2.24) is 4.90 Å². The van der Waals surface area contributed by atoms with Gasteiger partial charge in [0.25, 0.3) is 0 Å². The second-order valence-electron chi connectivity index (χ2n) is 5.87. The highest BCUT2D eigenvalue weighted by molar-refractivity contribution is 5.79. The van der Waals surface area contributed by atoms with Crippen molar-refractivity contribution in [1.29, 1.82) is 0 Å². The Morgan fingerprint density at radius 1 is 1.05 bits per heavy atom. The summed E-state index contributed by atoms with van der Waals surface area (Å²) in [4.78, 5) is 14.0. The van der Waals surface area contributed by atoms with Gasteiger partial charge < -0.3 is 10.0 Å². The van der Waals surface area contributed by atoms with E-state index >= 15 is 0 Å². The lowest BCUT2D eigenvalue weighted by Crippen LogP contribution is -2.27. The molecule has 3 heteroatoms. The molecule has 1 saturated heterocycles. The number of amides is 1. The van der Waals surface area contributed by atoms with Crippen molar-refractivity contribution in [2.45, 2.75) is 24.9 Å². The van der Waals surface area contributed by atoms with Crippen molar-refractivity contribution >= 4 is 5.91 Å². The minimum Gasteiger partial charge on any atom is -0.388 e. The Kier molecular flexibility index (Phi) is 4.54. The average Bonchev–Trinajstić information content (AvgIpc) is 2.95. The zero-order chi connectivity index (χ0) is 15.4. The fourth-order valence-corrected chi connectivity index (χ4v) is 3.06. The fourth-order valence-electron chi connectivity index (χ4n) is 3.06. The molecule has 1 heterocycles. The minimum absolute atomic E-state index is 0.189. The van der Waals surface area contributed by atoms with Crippen molar-refractivity contribution in [3.05, 3.63) is 71.8 Å². The topological polar surface area (TPSA) is 40.5 Å². The first-order valence-corrected chi connectivity index (χ1v) is 7.80. The van der Waals surface area contributed by atoms with Crippen LogP contribution >= 0.6 is 0 Å². The molecule has 0 unspecified atom stereocenters. The monoisotopic (exact) mass is 295 g/mol. The van der Waals surface area contributed by atoms with Gasteiger partial charge in [0, 0.05) is 25.4 Å². The van der Waals surface area contributed by atoms with Crippen molar-refractivity contribution in [3.63, 3.8) is 0 Å². The average molecular weight is 295 g/mol. The van der Waals surface area contributed by atoms with Gasteiger partial charge in [0.1, 0.15) is 0 Å². The van der Waals surface area contributed by atoms with Crippen LogP contribution in [0.1, 0.15) is 36.0 Å². The van der Waals surface area contributed by atoms with Gasteiger partial charge in [0.05, 0.1) is 6.10 Å². The number of benzene rings is 2. The molecule has 0 bridgehead atoms. The Bertz CT molecular complexity index is 612. The first-order chi connectivity index (χ1) is 10.7. The smallest absolute Gasteiger partial charge is 0.223 e. The van der Waals surface area contributed by atoms with E-state index in [1.807, 2.05) is 53.4 Å². The second-order valence-corrected chi connectivity index (χ2v) is 5.87. The molecule has 1 fully saturated rings. The molecular weight excluding hydrogens is 274 g/mol. The third-order valence-corrected chi connectivity index (χ3v) is 4.34. The second kappa shape index (κ2) is 6.75. The molecule has 22 heavy (non-hydrogen) atoms. The summed E-state index contributed by atoms with van der Waals surface area (Å²) >= 11 is 0. The van der Waals surface area contributed by atoms with Crippen LogP contribution in [0.2, 0.25) is 0 Å². The van der Waals surface area contributed by atoms with Crippen molar-refractivity contribution in [2.24, 2.45) is 0 Å². The molecule has 1 amide bonds. The van der Waals surface area contributed by atoms with Crippen LogP contribution in [-0.4, -0.2) is 29.0 Å². The number of hydrogen-bond donors (Lipinski definition) is 1. The highest BCUT2D eigenvalue weighted by atomic mass is 16.3. The van der Waals surface area contributed by atoms with E-state index in [4.69, 9.17) is 0 Å². The van der Waals surface area contributed by atoms with Crippen LogP contribution in [0, 0.1) is 0 Å². The van der Waals surface area contributed by atoms with Crippen molar-refractivity contribution in [2.75, 3.05) is 13.1 Å². The van der Waals surface area contributed by atoms with Crippen LogP contribution < -0.4 is 0 Å². The Labute approximate surface area is 131 Å². The quantitative estimate of drug-likeness (QED) is 0.920. The van der Waals surface area contributed by atoms with Crippen molar-refractivity contribution < 1.29 is 9.90 Å². The van der Waals surface area contributed by atoms with Crippen LogP contribution in [0.3, 0.4) is 0 Å². The molecule has 2 aromatic carbocycles. The largest absolute Gasteiger partial charge is 0.388 e. The summed E-state index contributed by atoms with van der Waals surface area (Å²) in [6.45, 7) is 1.36. The van der Waals surface area contributed by atoms with E-state index < -0.39 is 6.10 Å². The molecule has 0 radical (unpaired) electrons. The Morgan fingerprint density at radius 3 is 2.36 bits per heavy atom. The molecular formula is C19H21NO2. The number of hydrogen-bond acceptors (Lipinski definition) is 2. The summed E-state index contributed by atoms with van der Waals surface area (Å²) in [7, 11) is 0. The maximum Gasteiger partial charge on any atom is 0.223 e. The van der Waals surface area contributed by atoms with Crippen molar-refractivity contribution in [3.8, 4) is 0 Å². The maximum atomic E-state index is 12.2. The van der Waals surface area contributed by atoms with E-state index in [1.54, 1.807) is 0 Å². The summed E-state index contributed by atoms with van der Waals surface area (Å²) < 4.78 is 0. The molecule has 2 atom stereocenters. The normalized spacial score (nSPS) is 19.4. The van der Waals surface area contributed by atoms with Gasteiger partial charge in [-0.25, -0.2) is 0 Å². The van der Waals surface area contributed by atoms with Gasteiger partial charge in [-0.15, -0.1) is 0 Å². The molecule has 3 nitrogen and oxygen atoms in total. The van der Waals surface area contributed by atoms with Crippen LogP contribution in [0.25, 0.3) is 0 Å². The first-order valence-electron chi connectivity index (χ1n) is 7.80. The fraction of sp³-hybridized carbons (Fsp3) is 0.316. The number of likely N-dealkylation sites (tertiary alicyclic amines) is 1. The van der Waals surface area contributed by atoms with Crippen LogP contribution in [0.15, 0.2) is 60.7 Å². The molecule has 114 valence electrons. The van der Waals surface area contributed by atoms with Gasteiger partial charge in [-0.3, -0.25) is 4.79 Å². The Hall–Kier alpha value is -2.13. The highest BCUT2D eigenvalue weighted by Gasteiger charge is 2.30. The molecule has 0 saturated carbocycles. The predicted octanol–water partition coefficient (Wildman–Crippen LogP) is 3.13. The zero-order valence-electron chi connectivity index (χ0n) is 12.6. The summed E-state index contributed by atoms with van der Waals surface area (Å²) in [5.41, 5.74) is 2.13. The summed E-state index contributed by atoms with van der Waals surface area (Å²) in [5, 5.41) is 10.2. The lowest BCUT2D eigenvalue weighted by molar-refractivity contribution is -0.127. The maximum absolute atomic E-state index is 12.2. The summed E-state index contributed by atoms with van der Waals surface area (Å²) in [6, 6.07) is 19.8. The third-order valence-electron chi connectivity index (χ3n) is 4.34. The van der Waals surface area contributed by atoms with Gasteiger partial charge in [0.2, 0.25) is 5.91 Å². The van der Waals surface area contributed by atoms with Crippen LogP contribution in [0.5, 0.6) is 0 Å². The molecule has 1 N–H and O–H groups in total. The Morgan fingerprint density at radius 2 is 1.68 bits per heavy atom. The minimum atomic E-state index is -0.509. The van der Waals surface area contributed by atoms with E-state index in [9.17, 15) is 9.90 Å². The number of rotatable bonds is 5. The van der Waals surface area contributed by atoms with E-state index in [0.29, 0.717) is 19.4 Å². The number of carbonyl (C=O) groups is 1. The van der Waals surface area contributed by atoms with Crippen LogP contribution in [-0.2, 0) is 4.79 Å². The molecule has 0 aromatic heterocycles. The first kappa shape index (κ1) is 14.8. The third kappa shape index (κ3) is 3.37. The van der Waals surface area contributed by atoms with Gasteiger partial charge >= 0.3 is 0 Å². The SMILES string of the molecule is O=C1C[C@@H](c2ccccc2)CN1CC[C@@H](O)c1ccccc1. The number of aliphatic hydroxyl groups excluding tert-OH is 1. The lowest BCUT2D eigenvalue weighted by atomic mass is 9.98. The number of aliphatic hydroxyl groups is 1. The zero-order valence-corrected chi connectivity index (χ0v) is 12.6. The van der Waals surface area contributed by atoms with E-state index in [0.717, 1.165) is 12.1 Å². The molecule has 0 spiro atoms. The van der Waals surface area contributed by atoms with E-state index in [-0.39, 0.29) is 11.8 Å². The van der Waals surface area contributed by atoms with Gasteiger partial charge in [-0.2, -0.15) is 0 Å². The standard InChI is InChI=1S/C19H21NO2/c21-18(16-9-5-2-6-10-16)11-12-20-14-17(13-19(20)22)15-7-3-1-4-8-15/h1-10,17-18,21H,11-14H2/t17-,18-/m1/s1. The van der Waals surface area contributed by atoms with E-state index in [2.05, 4.69) is 12.1 Å².